The highest BCUT2D eigenvalue weighted by atomic mass is 35.5. The summed E-state index contributed by atoms with van der Waals surface area (Å²) in [6.07, 6.45) is 5.27. The van der Waals surface area contributed by atoms with Crippen molar-refractivity contribution in [1.29, 1.82) is 0 Å². The lowest BCUT2D eigenvalue weighted by molar-refractivity contribution is 0.302. The maximum atomic E-state index is 5.97. The summed E-state index contributed by atoms with van der Waals surface area (Å²) in [5.74, 6) is 0. The number of nitrogens with one attached hydrogen (secondary N) is 1. The van der Waals surface area contributed by atoms with E-state index in [-0.39, 0.29) is 0 Å². The maximum absolute atomic E-state index is 5.97. The molecule has 102 valence electrons. The Bertz CT molecular complexity index is 347. The van der Waals surface area contributed by atoms with Gasteiger partial charge in [0.2, 0.25) is 0 Å². The van der Waals surface area contributed by atoms with Crippen molar-refractivity contribution in [3.05, 3.63) is 34.9 Å². The Kier molecular flexibility index (Phi) is 6.73. The lowest BCUT2D eigenvalue weighted by Gasteiger charge is -2.25. The molecular formula is C16H26ClN. The van der Waals surface area contributed by atoms with E-state index in [1.54, 1.807) is 0 Å². The first-order valence-corrected chi connectivity index (χ1v) is 7.36. The Morgan fingerprint density at radius 2 is 2.00 bits per heavy atom. The number of halogens is 1. The number of rotatable bonds is 8. The molecule has 0 aliphatic rings. The van der Waals surface area contributed by atoms with Crippen molar-refractivity contribution in [3.8, 4) is 0 Å². The van der Waals surface area contributed by atoms with Crippen LogP contribution in [0.4, 0.5) is 0 Å². The van der Waals surface area contributed by atoms with Crippen LogP contribution in [0.5, 0.6) is 0 Å². The summed E-state index contributed by atoms with van der Waals surface area (Å²) in [6.45, 7) is 8.90. The molecular weight excluding hydrogens is 242 g/mol. The average molecular weight is 268 g/mol. The van der Waals surface area contributed by atoms with Crippen molar-refractivity contribution in [3.63, 3.8) is 0 Å². The fraction of sp³-hybridized carbons (Fsp3) is 0.625. The van der Waals surface area contributed by atoms with Gasteiger partial charge in [0.25, 0.3) is 0 Å². The molecule has 18 heavy (non-hydrogen) atoms. The Morgan fingerprint density at radius 1 is 1.22 bits per heavy atom. The van der Waals surface area contributed by atoms with E-state index in [1.165, 1.54) is 31.2 Å². The average Bonchev–Trinajstić information content (AvgIpc) is 2.29. The molecule has 0 aliphatic carbocycles. The van der Waals surface area contributed by atoms with Crippen molar-refractivity contribution in [2.24, 2.45) is 5.41 Å². The van der Waals surface area contributed by atoms with Gasteiger partial charge in [-0.15, -0.1) is 0 Å². The lowest BCUT2D eigenvalue weighted by atomic mass is 9.87. The molecule has 0 heterocycles. The van der Waals surface area contributed by atoms with E-state index >= 15 is 0 Å². The summed E-state index contributed by atoms with van der Waals surface area (Å²) in [4.78, 5) is 0. The third-order valence-corrected chi connectivity index (χ3v) is 3.51. The molecule has 1 rings (SSSR count). The molecule has 0 fully saturated rings. The monoisotopic (exact) mass is 267 g/mol. The Morgan fingerprint density at radius 3 is 2.67 bits per heavy atom. The first kappa shape index (κ1) is 15.5. The first-order valence-electron chi connectivity index (χ1n) is 6.99. The van der Waals surface area contributed by atoms with Gasteiger partial charge in [-0.05, 0) is 29.5 Å². The highest BCUT2D eigenvalue weighted by Crippen LogP contribution is 2.22. The van der Waals surface area contributed by atoms with Crippen LogP contribution in [0, 0.1) is 5.41 Å². The molecule has 0 aliphatic heterocycles. The summed E-state index contributed by atoms with van der Waals surface area (Å²) in [6, 6.07) is 8.06. The highest BCUT2D eigenvalue weighted by molar-refractivity contribution is 6.30. The minimum Gasteiger partial charge on any atom is -0.312 e. The van der Waals surface area contributed by atoms with E-state index in [1.807, 2.05) is 18.2 Å². The molecule has 0 saturated carbocycles. The van der Waals surface area contributed by atoms with Crippen LogP contribution in [0.2, 0.25) is 5.02 Å². The minimum absolute atomic E-state index is 0.383. The summed E-state index contributed by atoms with van der Waals surface area (Å²) in [7, 11) is 0. The van der Waals surface area contributed by atoms with Gasteiger partial charge in [-0.3, -0.25) is 0 Å². The zero-order chi connectivity index (χ0) is 13.4. The predicted molar refractivity (Wildman–Crippen MR) is 81.1 cm³/mol. The zero-order valence-corrected chi connectivity index (χ0v) is 12.7. The zero-order valence-electron chi connectivity index (χ0n) is 11.9. The number of benzene rings is 1. The summed E-state index contributed by atoms with van der Waals surface area (Å²) in [5.41, 5.74) is 1.64. The molecule has 0 amide bonds. The van der Waals surface area contributed by atoms with Gasteiger partial charge < -0.3 is 5.32 Å². The molecule has 2 heteroatoms. The Labute approximate surface area is 117 Å². The fourth-order valence-corrected chi connectivity index (χ4v) is 2.35. The fourth-order valence-electron chi connectivity index (χ4n) is 2.13. The Hall–Kier alpha value is -0.530. The van der Waals surface area contributed by atoms with Crippen LogP contribution in [0.25, 0.3) is 0 Å². The van der Waals surface area contributed by atoms with Crippen molar-refractivity contribution in [1.82, 2.24) is 5.32 Å². The third-order valence-electron chi connectivity index (χ3n) is 3.28. The number of hydrogen-bond donors (Lipinski definition) is 1. The van der Waals surface area contributed by atoms with Crippen LogP contribution in [-0.4, -0.2) is 6.54 Å². The summed E-state index contributed by atoms with van der Waals surface area (Å²) < 4.78 is 0. The van der Waals surface area contributed by atoms with Crippen molar-refractivity contribution in [2.45, 2.75) is 53.0 Å². The highest BCUT2D eigenvalue weighted by Gasteiger charge is 2.16. The molecule has 1 N–H and O–H groups in total. The van der Waals surface area contributed by atoms with Gasteiger partial charge in [-0.2, -0.15) is 0 Å². The Balaban J connectivity index is 2.27. The van der Waals surface area contributed by atoms with Crippen LogP contribution < -0.4 is 5.32 Å². The van der Waals surface area contributed by atoms with Crippen LogP contribution in [-0.2, 0) is 6.54 Å². The second-order valence-electron chi connectivity index (χ2n) is 5.85. The standard InChI is InChI=1S/C16H26ClN/c1-4-5-6-10-16(2,3)13-18-12-14-8-7-9-15(17)11-14/h7-9,11,18H,4-6,10,12-13H2,1-3H3. The molecule has 1 aromatic rings. The minimum atomic E-state index is 0.383. The molecule has 0 bridgehead atoms. The van der Waals surface area contributed by atoms with Crippen LogP contribution in [0.1, 0.15) is 52.0 Å². The van der Waals surface area contributed by atoms with Gasteiger partial charge in [0.15, 0.2) is 0 Å². The molecule has 0 atom stereocenters. The maximum Gasteiger partial charge on any atom is 0.0409 e. The molecule has 1 nitrogen and oxygen atoms in total. The second-order valence-corrected chi connectivity index (χ2v) is 6.29. The SMILES string of the molecule is CCCCCC(C)(C)CNCc1cccc(Cl)c1. The first-order chi connectivity index (χ1) is 8.53. The van der Waals surface area contributed by atoms with E-state index in [4.69, 9.17) is 11.6 Å². The smallest absolute Gasteiger partial charge is 0.0409 e. The van der Waals surface area contributed by atoms with Crippen molar-refractivity contribution >= 4 is 11.6 Å². The van der Waals surface area contributed by atoms with Gasteiger partial charge in [0.1, 0.15) is 0 Å². The van der Waals surface area contributed by atoms with E-state index in [0.29, 0.717) is 5.41 Å². The van der Waals surface area contributed by atoms with Crippen molar-refractivity contribution in [2.75, 3.05) is 6.54 Å². The van der Waals surface area contributed by atoms with Gasteiger partial charge >= 0.3 is 0 Å². The topological polar surface area (TPSA) is 12.0 Å². The van der Waals surface area contributed by atoms with E-state index < -0.39 is 0 Å². The molecule has 0 spiro atoms. The van der Waals surface area contributed by atoms with Crippen LogP contribution in [0.15, 0.2) is 24.3 Å². The molecule has 1 aromatic carbocycles. The summed E-state index contributed by atoms with van der Waals surface area (Å²) >= 11 is 5.97. The number of hydrogen-bond acceptors (Lipinski definition) is 1. The normalized spacial score (nSPS) is 11.8. The quantitative estimate of drug-likeness (QED) is 0.651. The number of unbranched alkanes of at least 4 members (excludes halogenated alkanes) is 2. The van der Waals surface area contributed by atoms with Gasteiger partial charge in [-0.1, -0.05) is 63.8 Å². The van der Waals surface area contributed by atoms with Crippen molar-refractivity contribution < 1.29 is 0 Å². The third kappa shape index (κ3) is 6.42. The van der Waals surface area contributed by atoms with Crippen LogP contribution >= 0.6 is 11.6 Å². The largest absolute Gasteiger partial charge is 0.312 e. The van der Waals surface area contributed by atoms with Gasteiger partial charge in [0, 0.05) is 18.1 Å². The molecule has 0 aromatic heterocycles. The van der Waals surface area contributed by atoms with Gasteiger partial charge in [-0.25, -0.2) is 0 Å². The predicted octanol–water partition coefficient (Wildman–Crippen LogP) is 5.04. The van der Waals surface area contributed by atoms with E-state index in [9.17, 15) is 0 Å². The molecule has 0 saturated heterocycles. The lowest BCUT2D eigenvalue weighted by Crippen LogP contribution is -2.29. The molecule has 0 unspecified atom stereocenters. The molecule has 0 radical (unpaired) electrons. The van der Waals surface area contributed by atoms with E-state index in [0.717, 1.165) is 18.1 Å². The van der Waals surface area contributed by atoms with Crippen LogP contribution in [0.3, 0.4) is 0 Å². The summed E-state index contributed by atoms with van der Waals surface area (Å²) in [5, 5.41) is 4.35. The van der Waals surface area contributed by atoms with E-state index in [2.05, 4.69) is 32.2 Å². The van der Waals surface area contributed by atoms with Gasteiger partial charge in [0.05, 0.1) is 0 Å². The second kappa shape index (κ2) is 7.81.